The van der Waals surface area contributed by atoms with Crippen LogP contribution in [0.25, 0.3) is 220 Å². The molecule has 0 aliphatic rings. The van der Waals surface area contributed by atoms with Crippen LogP contribution in [-0.2, 0) is 0 Å². The monoisotopic (exact) mass is 1330 g/mol. The summed E-state index contributed by atoms with van der Waals surface area (Å²) in [4.78, 5) is 10.6. The second kappa shape index (κ2) is 23.9. The van der Waals surface area contributed by atoms with E-state index in [9.17, 15) is 0 Å². The van der Waals surface area contributed by atoms with E-state index in [-0.39, 0.29) is 0 Å². The Kier molecular flexibility index (Phi) is 13.5. The van der Waals surface area contributed by atoms with E-state index in [0.717, 1.165) is 198 Å². The van der Waals surface area contributed by atoms with E-state index < -0.39 is 0 Å². The van der Waals surface area contributed by atoms with E-state index in [1.165, 1.54) is 21.9 Å². The zero-order chi connectivity index (χ0) is 68.3. The number of hydrogen-bond acceptors (Lipinski definition) is 6. The van der Waals surface area contributed by atoms with Crippen molar-refractivity contribution in [2.24, 2.45) is 0 Å². The van der Waals surface area contributed by atoms with Gasteiger partial charge < -0.3 is 17.7 Å². The molecule has 6 aromatic heterocycles. The number of nitrogens with zero attached hydrogens (tertiary/aromatic N) is 2. The first-order chi connectivity index (χ1) is 51.5. The predicted octanol–water partition coefficient (Wildman–Crippen LogP) is 27.7. The molecule has 6 heterocycles. The number of furan rings is 4. The minimum Gasteiger partial charge on any atom is -0.456 e. The average molecular weight is 1330 g/mol. The summed E-state index contributed by atoms with van der Waals surface area (Å²) in [6.45, 7) is 0. The SMILES string of the molecule is c1ccc(-c2c3c(cc4c(-c5ccc(-c6cccc(-c7ccc8c(c7)oc7ccccc78)c6)cc5)nc5ccccc5c24)oc2ccccc23)cc1.c1ccc(-c2c3c(cc4c(-c5ccc(-c6cccc(-c7cccc8c7oc7ccccc78)c6)cc5)nc5ccccc5c24)oc2ccccc23)cc1. The average Bonchev–Trinajstić information content (AvgIpc) is 1.30. The first-order valence-corrected chi connectivity index (χ1v) is 35.2. The summed E-state index contributed by atoms with van der Waals surface area (Å²) < 4.78 is 25.7. The first-order valence-electron chi connectivity index (χ1n) is 35.2. The number of aromatic nitrogens is 2. The number of benzene rings is 16. The summed E-state index contributed by atoms with van der Waals surface area (Å²) in [5, 5.41) is 15.8. The summed E-state index contributed by atoms with van der Waals surface area (Å²) >= 11 is 0. The number of para-hydroxylation sites is 7. The molecular weight excluding hydrogens is 1270 g/mol. The lowest BCUT2D eigenvalue weighted by Crippen LogP contribution is -1.93. The Balaban J connectivity index is 0.000000134. The van der Waals surface area contributed by atoms with Gasteiger partial charge in [0.1, 0.15) is 44.7 Å². The molecule has 0 aliphatic heterocycles. The third-order valence-electron chi connectivity index (χ3n) is 20.9. The minimum atomic E-state index is 0.860. The highest BCUT2D eigenvalue weighted by molar-refractivity contribution is 6.29. The standard InChI is InChI=1S/2C49H29NO2/c1-2-12-31(13-3-1)45-46-38-17-4-7-21-41(38)50-48(40(46)29-44-47(45)39-18-6-9-23-43(39)51-44)32-26-24-30(25-27-32)33-14-10-15-34(28-33)35-19-11-20-37-36-16-5-8-22-42(36)52-49(35)37;1-2-11-31(12-3-1)46-47-38-16-4-7-18-41(38)50-49(40(47)29-45-48(46)39-17-6-9-20-43(39)52-45)32-23-21-30(22-24-32)33-13-10-14-34(27-33)35-25-26-37-36-15-5-8-19-42(36)51-44(37)28-35/h2*1-29H. The van der Waals surface area contributed by atoms with E-state index in [0.29, 0.717) is 0 Å². The summed E-state index contributed by atoms with van der Waals surface area (Å²) in [6, 6.07) is 124. The van der Waals surface area contributed by atoms with Gasteiger partial charge in [0.2, 0.25) is 0 Å². The Hall–Kier alpha value is -13.9. The molecule has 6 nitrogen and oxygen atoms in total. The third-order valence-corrected chi connectivity index (χ3v) is 20.9. The van der Waals surface area contributed by atoms with Gasteiger partial charge in [-0.3, -0.25) is 0 Å². The van der Waals surface area contributed by atoms with Gasteiger partial charge in [-0.1, -0.05) is 279 Å². The van der Waals surface area contributed by atoms with Crippen molar-refractivity contribution < 1.29 is 17.7 Å². The van der Waals surface area contributed by atoms with Crippen molar-refractivity contribution in [2.75, 3.05) is 0 Å². The molecule has 22 aromatic rings. The zero-order valence-corrected chi connectivity index (χ0v) is 56.0. The Morgan fingerprint density at radius 3 is 1.05 bits per heavy atom. The second-order valence-corrected chi connectivity index (χ2v) is 26.9. The molecule has 104 heavy (non-hydrogen) atoms. The fraction of sp³-hybridized carbons (Fsp3) is 0. The molecule has 484 valence electrons. The van der Waals surface area contributed by atoms with Gasteiger partial charge in [0.15, 0.2) is 0 Å². The lowest BCUT2D eigenvalue weighted by atomic mass is 9.89. The Morgan fingerprint density at radius 1 is 0.173 bits per heavy atom. The van der Waals surface area contributed by atoms with Crippen LogP contribution >= 0.6 is 0 Å². The van der Waals surface area contributed by atoms with E-state index in [4.69, 9.17) is 27.6 Å². The van der Waals surface area contributed by atoms with Crippen LogP contribution in [0.5, 0.6) is 0 Å². The van der Waals surface area contributed by atoms with Crippen molar-refractivity contribution >= 4 is 131 Å². The van der Waals surface area contributed by atoms with Crippen molar-refractivity contribution in [3.63, 3.8) is 0 Å². The zero-order valence-electron chi connectivity index (χ0n) is 56.0. The molecular formula is C98H58N2O4. The minimum absolute atomic E-state index is 0.860. The van der Waals surface area contributed by atoms with Gasteiger partial charge in [0.25, 0.3) is 0 Å². The van der Waals surface area contributed by atoms with Crippen LogP contribution in [0, 0.1) is 0 Å². The molecule has 0 amide bonds. The van der Waals surface area contributed by atoms with Crippen LogP contribution in [0.3, 0.4) is 0 Å². The largest absolute Gasteiger partial charge is 0.456 e. The maximum atomic E-state index is 6.56. The molecule has 0 radical (unpaired) electrons. The molecule has 0 atom stereocenters. The highest BCUT2D eigenvalue weighted by Crippen LogP contribution is 2.49. The van der Waals surface area contributed by atoms with Crippen molar-refractivity contribution in [3.8, 4) is 89.3 Å². The molecule has 16 aromatic carbocycles. The Morgan fingerprint density at radius 2 is 0.519 bits per heavy atom. The van der Waals surface area contributed by atoms with Crippen molar-refractivity contribution in [2.45, 2.75) is 0 Å². The molecule has 0 unspecified atom stereocenters. The smallest absolute Gasteiger partial charge is 0.143 e. The molecule has 0 saturated carbocycles. The lowest BCUT2D eigenvalue weighted by molar-refractivity contribution is 0.669. The second-order valence-electron chi connectivity index (χ2n) is 26.9. The molecule has 22 rings (SSSR count). The van der Waals surface area contributed by atoms with Crippen molar-refractivity contribution in [1.82, 2.24) is 9.97 Å². The van der Waals surface area contributed by atoms with Crippen molar-refractivity contribution in [1.29, 1.82) is 0 Å². The number of hydrogen-bond donors (Lipinski definition) is 0. The normalized spacial score (nSPS) is 11.8. The van der Waals surface area contributed by atoms with E-state index >= 15 is 0 Å². The van der Waals surface area contributed by atoms with Gasteiger partial charge in [-0.25, -0.2) is 9.97 Å². The first kappa shape index (κ1) is 59.0. The Bertz CT molecular complexity index is 7200. The Labute approximate surface area is 596 Å². The van der Waals surface area contributed by atoms with Crippen LogP contribution in [0.1, 0.15) is 0 Å². The lowest BCUT2D eigenvalue weighted by Gasteiger charge is -2.16. The van der Waals surface area contributed by atoms with Gasteiger partial charge >= 0.3 is 0 Å². The molecule has 0 saturated heterocycles. The van der Waals surface area contributed by atoms with Gasteiger partial charge in [0.05, 0.1) is 22.4 Å². The van der Waals surface area contributed by atoms with Crippen LogP contribution in [0.4, 0.5) is 0 Å². The van der Waals surface area contributed by atoms with E-state index in [2.05, 4.69) is 315 Å². The summed E-state index contributed by atoms with van der Waals surface area (Å²) in [5.74, 6) is 0. The van der Waals surface area contributed by atoms with Crippen LogP contribution in [0.2, 0.25) is 0 Å². The molecule has 0 aliphatic carbocycles. The summed E-state index contributed by atoms with van der Waals surface area (Å²) in [6.07, 6.45) is 0. The van der Waals surface area contributed by atoms with Crippen LogP contribution < -0.4 is 0 Å². The van der Waals surface area contributed by atoms with Crippen LogP contribution in [-0.4, -0.2) is 9.97 Å². The van der Waals surface area contributed by atoms with E-state index in [1.54, 1.807) is 0 Å². The number of pyridine rings is 2. The van der Waals surface area contributed by atoms with Gasteiger partial charge in [0, 0.05) is 103 Å². The fourth-order valence-corrected chi connectivity index (χ4v) is 16.1. The fourth-order valence-electron chi connectivity index (χ4n) is 16.1. The quantitative estimate of drug-likeness (QED) is 0.141. The molecule has 6 heteroatoms. The number of rotatable bonds is 8. The van der Waals surface area contributed by atoms with Gasteiger partial charge in [-0.15, -0.1) is 0 Å². The third kappa shape index (κ3) is 9.65. The molecule has 0 N–H and O–H groups in total. The highest BCUT2D eigenvalue weighted by atomic mass is 16.3. The van der Waals surface area contributed by atoms with E-state index in [1.807, 2.05) is 36.4 Å². The highest BCUT2D eigenvalue weighted by Gasteiger charge is 2.25. The molecule has 0 fully saturated rings. The van der Waals surface area contributed by atoms with Crippen molar-refractivity contribution in [3.05, 3.63) is 352 Å². The maximum absolute atomic E-state index is 6.56. The van der Waals surface area contributed by atoms with Gasteiger partial charge in [-0.2, -0.15) is 0 Å². The topological polar surface area (TPSA) is 78.3 Å². The maximum Gasteiger partial charge on any atom is 0.143 e. The summed E-state index contributed by atoms with van der Waals surface area (Å²) in [7, 11) is 0. The molecule has 0 bridgehead atoms. The number of fused-ring (bicyclic) bond motifs is 18. The van der Waals surface area contributed by atoms with Gasteiger partial charge in [-0.05, 0) is 123 Å². The molecule has 0 spiro atoms. The summed E-state index contributed by atoms with van der Waals surface area (Å²) in [5.41, 5.74) is 26.7. The predicted molar refractivity (Wildman–Crippen MR) is 431 cm³/mol. The van der Waals surface area contributed by atoms with Crippen LogP contribution in [0.15, 0.2) is 370 Å².